The highest BCUT2D eigenvalue weighted by molar-refractivity contribution is 6.31. The summed E-state index contributed by atoms with van der Waals surface area (Å²) in [6, 6.07) is 14.0. The third kappa shape index (κ3) is 2.91. The Hall–Kier alpha value is -2.79. The molecule has 0 aliphatic carbocycles. The molecule has 0 bridgehead atoms. The second-order valence-corrected chi connectivity index (χ2v) is 5.26. The van der Waals surface area contributed by atoms with Crippen LogP contribution in [0.4, 0.5) is 0 Å². The number of ether oxygens (including phenoxy) is 1. The fourth-order valence-electron chi connectivity index (χ4n) is 2.36. The second-order valence-electron chi connectivity index (χ2n) is 4.83. The molecule has 6 heteroatoms. The van der Waals surface area contributed by atoms with Crippen LogP contribution in [-0.2, 0) is 9.53 Å². The van der Waals surface area contributed by atoms with Gasteiger partial charge >= 0.3 is 5.97 Å². The predicted molar refractivity (Wildman–Crippen MR) is 89.0 cm³/mol. The first-order valence-electron chi connectivity index (χ1n) is 6.83. The molecule has 0 atom stereocenters. The van der Waals surface area contributed by atoms with Crippen molar-refractivity contribution in [3.05, 3.63) is 64.9 Å². The number of aliphatic carboxylic acids is 1. The van der Waals surface area contributed by atoms with E-state index in [2.05, 4.69) is 9.97 Å². The number of carbonyl (C=O) groups is 1. The molecule has 3 aromatic rings. The summed E-state index contributed by atoms with van der Waals surface area (Å²) in [5.41, 5.74) is 1.96. The number of halogens is 1. The van der Waals surface area contributed by atoms with E-state index in [1.54, 1.807) is 42.5 Å². The normalized spacial score (nSPS) is 12.1. The number of methoxy groups -OCH3 is 1. The molecule has 0 radical (unpaired) electrons. The Morgan fingerprint density at radius 1 is 1.22 bits per heavy atom. The zero-order valence-electron chi connectivity index (χ0n) is 12.2. The fraction of sp³-hybridized carbons (Fsp3) is 0.0588. The van der Waals surface area contributed by atoms with Crippen molar-refractivity contribution in [2.45, 2.75) is 0 Å². The molecule has 5 nitrogen and oxygen atoms in total. The molecule has 0 unspecified atom stereocenters. The standard InChI is InChI=1S/C17H13ClN2O3/c1-23-15(14(17(21)22)10-5-3-2-4-6-10)16-19-12-8-7-11(18)9-13(12)20-16/h2-9H,1H3,(H,19,20)(H,21,22)/b15-14+. The lowest BCUT2D eigenvalue weighted by atomic mass is 10.0. The van der Waals surface area contributed by atoms with Crippen LogP contribution >= 0.6 is 11.6 Å². The molecule has 3 rings (SSSR count). The third-order valence-electron chi connectivity index (χ3n) is 3.37. The van der Waals surface area contributed by atoms with Crippen LogP contribution in [-0.4, -0.2) is 28.2 Å². The first-order valence-corrected chi connectivity index (χ1v) is 7.20. The van der Waals surface area contributed by atoms with E-state index in [9.17, 15) is 9.90 Å². The van der Waals surface area contributed by atoms with E-state index < -0.39 is 5.97 Å². The molecule has 0 aliphatic heterocycles. The highest BCUT2D eigenvalue weighted by atomic mass is 35.5. The summed E-state index contributed by atoms with van der Waals surface area (Å²) >= 11 is 5.97. The van der Waals surface area contributed by atoms with Crippen LogP contribution in [0, 0.1) is 0 Å². The van der Waals surface area contributed by atoms with Crippen molar-refractivity contribution in [2.24, 2.45) is 0 Å². The van der Waals surface area contributed by atoms with E-state index in [0.29, 0.717) is 27.4 Å². The molecular weight excluding hydrogens is 316 g/mol. The van der Waals surface area contributed by atoms with E-state index in [4.69, 9.17) is 16.3 Å². The Morgan fingerprint density at radius 3 is 2.61 bits per heavy atom. The van der Waals surface area contributed by atoms with Crippen molar-refractivity contribution in [3.8, 4) is 0 Å². The van der Waals surface area contributed by atoms with Gasteiger partial charge in [0.1, 0.15) is 5.57 Å². The van der Waals surface area contributed by atoms with Crippen molar-refractivity contribution >= 4 is 39.9 Å². The van der Waals surface area contributed by atoms with Crippen molar-refractivity contribution in [1.82, 2.24) is 9.97 Å². The van der Waals surface area contributed by atoms with Gasteiger partial charge in [0.15, 0.2) is 11.6 Å². The molecule has 0 fully saturated rings. The van der Waals surface area contributed by atoms with Crippen LogP contribution in [0.15, 0.2) is 48.5 Å². The number of rotatable bonds is 4. The first kappa shape index (κ1) is 15.1. The largest absolute Gasteiger partial charge is 0.492 e. The molecule has 2 N–H and O–H groups in total. The zero-order chi connectivity index (χ0) is 16.4. The number of aromatic amines is 1. The molecule has 1 aromatic heterocycles. The van der Waals surface area contributed by atoms with Crippen LogP contribution < -0.4 is 0 Å². The number of nitrogens with one attached hydrogen (secondary N) is 1. The second kappa shape index (κ2) is 6.14. The zero-order valence-corrected chi connectivity index (χ0v) is 13.0. The van der Waals surface area contributed by atoms with E-state index in [-0.39, 0.29) is 11.3 Å². The average Bonchev–Trinajstić information content (AvgIpc) is 2.95. The van der Waals surface area contributed by atoms with Crippen LogP contribution in [0.2, 0.25) is 5.02 Å². The molecule has 0 saturated carbocycles. The van der Waals surface area contributed by atoms with E-state index in [1.807, 2.05) is 6.07 Å². The fourth-order valence-corrected chi connectivity index (χ4v) is 2.54. The third-order valence-corrected chi connectivity index (χ3v) is 3.60. The van der Waals surface area contributed by atoms with Gasteiger partial charge in [-0.05, 0) is 23.8 Å². The number of carboxylic acids is 1. The molecule has 0 spiro atoms. The topological polar surface area (TPSA) is 75.2 Å². The van der Waals surface area contributed by atoms with E-state index in [1.165, 1.54) is 7.11 Å². The quantitative estimate of drug-likeness (QED) is 0.564. The van der Waals surface area contributed by atoms with Crippen molar-refractivity contribution < 1.29 is 14.6 Å². The summed E-state index contributed by atoms with van der Waals surface area (Å²) in [5.74, 6) is -0.589. The highest BCUT2D eigenvalue weighted by Crippen LogP contribution is 2.28. The lowest BCUT2D eigenvalue weighted by Gasteiger charge is -2.09. The summed E-state index contributed by atoms with van der Waals surface area (Å²) < 4.78 is 5.35. The van der Waals surface area contributed by atoms with Crippen molar-refractivity contribution in [3.63, 3.8) is 0 Å². The maximum absolute atomic E-state index is 11.7. The van der Waals surface area contributed by atoms with Gasteiger partial charge in [0.05, 0.1) is 18.1 Å². The molecule has 23 heavy (non-hydrogen) atoms. The number of H-pyrrole nitrogens is 1. The van der Waals surface area contributed by atoms with Gasteiger partial charge in [-0.1, -0.05) is 41.9 Å². The molecule has 2 aromatic carbocycles. The molecular formula is C17H13ClN2O3. The van der Waals surface area contributed by atoms with Gasteiger partial charge in [-0.25, -0.2) is 9.78 Å². The van der Waals surface area contributed by atoms with Crippen molar-refractivity contribution in [1.29, 1.82) is 0 Å². The summed E-state index contributed by atoms with van der Waals surface area (Å²) in [6.07, 6.45) is 0. The number of imidazole rings is 1. The summed E-state index contributed by atoms with van der Waals surface area (Å²) in [7, 11) is 1.42. The van der Waals surface area contributed by atoms with Gasteiger partial charge in [0, 0.05) is 5.02 Å². The van der Waals surface area contributed by atoms with Gasteiger partial charge in [0.2, 0.25) is 0 Å². The van der Waals surface area contributed by atoms with Gasteiger partial charge in [-0.2, -0.15) is 0 Å². The Balaban J connectivity index is 2.23. The molecule has 1 heterocycles. The highest BCUT2D eigenvalue weighted by Gasteiger charge is 2.21. The first-order chi connectivity index (χ1) is 11.1. The van der Waals surface area contributed by atoms with Gasteiger partial charge in [-0.3, -0.25) is 0 Å². The summed E-state index contributed by atoms with van der Waals surface area (Å²) in [6.45, 7) is 0. The van der Waals surface area contributed by atoms with Gasteiger partial charge in [-0.15, -0.1) is 0 Å². The maximum atomic E-state index is 11.7. The number of aromatic nitrogens is 2. The van der Waals surface area contributed by atoms with Gasteiger partial charge in [0.25, 0.3) is 0 Å². The number of hydrogen-bond donors (Lipinski definition) is 2. The van der Waals surface area contributed by atoms with Crippen molar-refractivity contribution in [2.75, 3.05) is 7.11 Å². The lowest BCUT2D eigenvalue weighted by Crippen LogP contribution is -2.06. The minimum Gasteiger partial charge on any atom is -0.492 e. The number of carboxylic acid groups (broad SMARTS) is 1. The van der Waals surface area contributed by atoms with Gasteiger partial charge < -0.3 is 14.8 Å². The lowest BCUT2D eigenvalue weighted by molar-refractivity contribution is -0.130. The molecule has 0 saturated heterocycles. The predicted octanol–water partition coefficient (Wildman–Crippen LogP) is 3.82. The van der Waals surface area contributed by atoms with Crippen LogP contribution in [0.1, 0.15) is 11.4 Å². The van der Waals surface area contributed by atoms with Crippen LogP contribution in [0.25, 0.3) is 22.4 Å². The number of fused-ring (bicyclic) bond motifs is 1. The maximum Gasteiger partial charge on any atom is 0.340 e. The Labute approximate surface area is 137 Å². The molecule has 0 amide bonds. The molecule has 116 valence electrons. The summed E-state index contributed by atoms with van der Waals surface area (Å²) in [5, 5.41) is 10.2. The van der Waals surface area contributed by atoms with E-state index >= 15 is 0 Å². The smallest absolute Gasteiger partial charge is 0.340 e. The van der Waals surface area contributed by atoms with E-state index in [0.717, 1.165) is 0 Å². The Kier molecular flexibility index (Phi) is 4.04. The number of nitrogens with zero attached hydrogens (tertiary/aromatic N) is 1. The minimum absolute atomic E-state index is 0.0400. The Morgan fingerprint density at radius 2 is 1.96 bits per heavy atom. The monoisotopic (exact) mass is 328 g/mol. The molecule has 0 aliphatic rings. The van der Waals surface area contributed by atoms with Crippen LogP contribution in [0.5, 0.6) is 0 Å². The van der Waals surface area contributed by atoms with Crippen LogP contribution in [0.3, 0.4) is 0 Å². The minimum atomic E-state index is -1.09. The SMILES string of the molecule is CO/C(=C(/C(=O)O)c1ccccc1)c1nc2ccc(Cl)cc2[nH]1. The summed E-state index contributed by atoms with van der Waals surface area (Å²) in [4.78, 5) is 19.2. The average molecular weight is 329 g/mol. The number of benzene rings is 2. The number of hydrogen-bond acceptors (Lipinski definition) is 3. The Bertz CT molecular complexity index is 901.